The maximum Gasteiger partial charge on any atom is 0.573 e. The Morgan fingerprint density at radius 1 is 1.25 bits per heavy atom. The molecule has 3 N–H and O–H groups in total. The van der Waals surface area contributed by atoms with Crippen molar-refractivity contribution in [2.24, 2.45) is 11.7 Å². The molecule has 1 aliphatic rings. The molecule has 20 heavy (non-hydrogen) atoms. The second kappa shape index (κ2) is 6.54. The fourth-order valence-corrected chi connectivity index (χ4v) is 2.59. The summed E-state index contributed by atoms with van der Waals surface area (Å²) >= 11 is 0. The van der Waals surface area contributed by atoms with E-state index in [0.717, 1.165) is 31.7 Å². The third-order valence-electron chi connectivity index (χ3n) is 3.52. The first-order valence-corrected chi connectivity index (χ1v) is 6.21. The molecule has 7 heteroatoms. The number of benzene rings is 1. The largest absolute Gasteiger partial charge is 0.573 e. The van der Waals surface area contributed by atoms with Crippen LogP contribution in [0.15, 0.2) is 18.2 Å². The third kappa shape index (κ3) is 3.93. The molecule has 2 rings (SSSR count). The molecule has 0 aliphatic heterocycles. The van der Waals surface area contributed by atoms with Gasteiger partial charge >= 0.3 is 6.36 Å². The Kier molecular flexibility index (Phi) is 5.53. The van der Waals surface area contributed by atoms with E-state index in [-0.39, 0.29) is 18.3 Å². The summed E-state index contributed by atoms with van der Waals surface area (Å²) in [5, 5.41) is 9.88. The number of alkyl halides is 3. The van der Waals surface area contributed by atoms with Gasteiger partial charge in [0, 0.05) is 11.6 Å². The number of phenolic OH excluding ortho intramolecular Hbond substituents is 1. The Bertz CT molecular complexity index is 448. The molecule has 0 heterocycles. The van der Waals surface area contributed by atoms with Crippen LogP contribution in [0.25, 0.3) is 0 Å². The molecule has 0 unspecified atom stereocenters. The normalized spacial score (nSPS) is 17.6. The minimum absolute atomic E-state index is 0. The van der Waals surface area contributed by atoms with E-state index in [9.17, 15) is 18.3 Å². The molecule has 0 aromatic heterocycles. The van der Waals surface area contributed by atoms with Gasteiger partial charge in [0.1, 0.15) is 0 Å². The van der Waals surface area contributed by atoms with Gasteiger partial charge in [0.05, 0.1) is 0 Å². The Morgan fingerprint density at radius 3 is 2.40 bits per heavy atom. The SMILES string of the molecule is Cl.N[C@@H](c1cccc(OC(F)(F)F)c1O)C1CCCC1. The fourth-order valence-electron chi connectivity index (χ4n) is 2.59. The predicted molar refractivity (Wildman–Crippen MR) is 70.9 cm³/mol. The van der Waals surface area contributed by atoms with E-state index in [1.807, 2.05) is 0 Å². The lowest BCUT2D eigenvalue weighted by molar-refractivity contribution is -0.275. The highest BCUT2D eigenvalue weighted by atomic mass is 35.5. The van der Waals surface area contributed by atoms with Crippen LogP contribution < -0.4 is 10.5 Å². The molecular weight excluding hydrogens is 295 g/mol. The summed E-state index contributed by atoms with van der Waals surface area (Å²) in [6.45, 7) is 0. The molecule has 0 spiro atoms. The van der Waals surface area contributed by atoms with E-state index in [2.05, 4.69) is 4.74 Å². The van der Waals surface area contributed by atoms with Crippen molar-refractivity contribution in [3.8, 4) is 11.5 Å². The molecule has 1 aromatic carbocycles. The van der Waals surface area contributed by atoms with Crippen molar-refractivity contribution in [1.82, 2.24) is 0 Å². The van der Waals surface area contributed by atoms with Crippen molar-refractivity contribution in [1.29, 1.82) is 0 Å². The average Bonchev–Trinajstić information content (AvgIpc) is 2.83. The topological polar surface area (TPSA) is 55.5 Å². The van der Waals surface area contributed by atoms with E-state index >= 15 is 0 Å². The first kappa shape index (κ1) is 16.9. The predicted octanol–water partition coefficient (Wildman–Crippen LogP) is 3.90. The number of aromatic hydroxyl groups is 1. The summed E-state index contributed by atoms with van der Waals surface area (Å²) in [4.78, 5) is 0. The first-order chi connectivity index (χ1) is 8.88. The summed E-state index contributed by atoms with van der Waals surface area (Å²) in [6, 6.07) is 3.57. The van der Waals surface area contributed by atoms with Gasteiger partial charge in [0.2, 0.25) is 0 Å². The van der Waals surface area contributed by atoms with Crippen molar-refractivity contribution < 1.29 is 23.0 Å². The van der Waals surface area contributed by atoms with E-state index in [4.69, 9.17) is 5.73 Å². The lowest BCUT2D eigenvalue weighted by atomic mass is 9.92. The smallest absolute Gasteiger partial charge is 0.504 e. The maximum absolute atomic E-state index is 12.2. The van der Waals surface area contributed by atoms with Gasteiger partial charge < -0.3 is 15.6 Å². The van der Waals surface area contributed by atoms with Crippen molar-refractivity contribution in [3.05, 3.63) is 23.8 Å². The van der Waals surface area contributed by atoms with Gasteiger partial charge in [-0.15, -0.1) is 25.6 Å². The summed E-state index contributed by atoms with van der Waals surface area (Å²) in [6.07, 6.45) is -0.820. The molecule has 0 radical (unpaired) electrons. The monoisotopic (exact) mass is 311 g/mol. The zero-order chi connectivity index (χ0) is 14.0. The number of rotatable bonds is 3. The molecule has 0 amide bonds. The Balaban J connectivity index is 0.00000200. The lowest BCUT2D eigenvalue weighted by Gasteiger charge is -2.21. The second-order valence-electron chi connectivity index (χ2n) is 4.81. The quantitative estimate of drug-likeness (QED) is 0.890. The van der Waals surface area contributed by atoms with Gasteiger partial charge in [-0.2, -0.15) is 0 Å². The number of para-hydroxylation sites is 1. The highest BCUT2D eigenvalue weighted by Crippen LogP contribution is 2.41. The molecule has 3 nitrogen and oxygen atoms in total. The first-order valence-electron chi connectivity index (χ1n) is 6.21. The summed E-state index contributed by atoms with van der Waals surface area (Å²) in [7, 11) is 0. The number of halogens is 4. The van der Waals surface area contributed by atoms with Gasteiger partial charge in [0.25, 0.3) is 0 Å². The highest BCUT2D eigenvalue weighted by molar-refractivity contribution is 5.85. The van der Waals surface area contributed by atoms with Gasteiger partial charge in [-0.25, -0.2) is 0 Å². The Hall–Kier alpha value is -1.14. The number of hydrogen-bond donors (Lipinski definition) is 2. The second-order valence-corrected chi connectivity index (χ2v) is 4.81. The summed E-state index contributed by atoms with van der Waals surface area (Å²) in [5.41, 5.74) is 6.35. The Labute approximate surface area is 121 Å². The van der Waals surface area contributed by atoms with Gasteiger partial charge in [-0.3, -0.25) is 0 Å². The molecule has 1 aromatic rings. The van der Waals surface area contributed by atoms with Crippen LogP contribution in [0.2, 0.25) is 0 Å². The Morgan fingerprint density at radius 2 is 1.85 bits per heavy atom. The van der Waals surface area contributed by atoms with Crippen LogP contribution in [0.3, 0.4) is 0 Å². The lowest BCUT2D eigenvalue weighted by Crippen LogP contribution is -2.21. The van der Waals surface area contributed by atoms with Crippen LogP contribution in [0.1, 0.15) is 37.3 Å². The molecule has 1 atom stereocenters. The maximum atomic E-state index is 12.2. The number of phenols is 1. The van der Waals surface area contributed by atoms with Crippen molar-refractivity contribution in [2.45, 2.75) is 38.1 Å². The third-order valence-corrected chi connectivity index (χ3v) is 3.52. The average molecular weight is 312 g/mol. The zero-order valence-corrected chi connectivity index (χ0v) is 11.5. The van der Waals surface area contributed by atoms with Crippen LogP contribution >= 0.6 is 12.4 Å². The number of nitrogens with two attached hydrogens (primary N) is 1. The standard InChI is InChI=1S/C13H16F3NO2.ClH/c14-13(15,16)19-10-7-3-6-9(12(10)18)11(17)8-4-1-2-5-8;/h3,6-8,11,18H,1-2,4-5,17H2;1H/t11-;/m1./s1. The minimum Gasteiger partial charge on any atom is -0.504 e. The van der Waals surface area contributed by atoms with Crippen LogP contribution in [0.5, 0.6) is 11.5 Å². The summed E-state index contributed by atoms with van der Waals surface area (Å²) < 4.78 is 40.4. The van der Waals surface area contributed by atoms with Crippen LogP contribution in [-0.4, -0.2) is 11.5 Å². The minimum atomic E-state index is -4.83. The molecule has 0 saturated heterocycles. The van der Waals surface area contributed by atoms with Crippen molar-refractivity contribution in [3.63, 3.8) is 0 Å². The molecule has 114 valence electrons. The van der Waals surface area contributed by atoms with E-state index in [0.29, 0.717) is 5.56 Å². The van der Waals surface area contributed by atoms with Gasteiger partial charge in [-0.1, -0.05) is 25.0 Å². The molecule has 1 fully saturated rings. The van der Waals surface area contributed by atoms with Gasteiger partial charge in [-0.05, 0) is 24.8 Å². The van der Waals surface area contributed by atoms with Crippen molar-refractivity contribution >= 4 is 12.4 Å². The van der Waals surface area contributed by atoms with Crippen LogP contribution in [-0.2, 0) is 0 Å². The van der Waals surface area contributed by atoms with Crippen molar-refractivity contribution in [2.75, 3.05) is 0 Å². The molecule has 0 bridgehead atoms. The van der Waals surface area contributed by atoms with E-state index in [1.54, 1.807) is 6.07 Å². The number of ether oxygens (including phenoxy) is 1. The van der Waals surface area contributed by atoms with E-state index < -0.39 is 23.9 Å². The van der Waals surface area contributed by atoms with Gasteiger partial charge in [0.15, 0.2) is 11.5 Å². The zero-order valence-electron chi connectivity index (χ0n) is 10.7. The van der Waals surface area contributed by atoms with Crippen LogP contribution in [0, 0.1) is 5.92 Å². The summed E-state index contributed by atoms with van der Waals surface area (Å²) in [5.74, 6) is -0.912. The van der Waals surface area contributed by atoms with E-state index in [1.165, 1.54) is 6.07 Å². The molecular formula is C13H17ClF3NO2. The highest BCUT2D eigenvalue weighted by Gasteiger charge is 2.33. The molecule has 1 aliphatic carbocycles. The fraction of sp³-hybridized carbons (Fsp3) is 0.538. The number of hydrogen-bond acceptors (Lipinski definition) is 3. The molecule has 1 saturated carbocycles. The van der Waals surface area contributed by atoms with Crippen LogP contribution in [0.4, 0.5) is 13.2 Å².